The largest absolute Gasteiger partial charge is 0.478 e. The summed E-state index contributed by atoms with van der Waals surface area (Å²) in [5.74, 6) is 0.587. The zero-order chi connectivity index (χ0) is 25.3. The molecule has 1 fully saturated rings. The second-order valence-electron chi connectivity index (χ2n) is 9.02. The Kier molecular flexibility index (Phi) is 8.71. The summed E-state index contributed by atoms with van der Waals surface area (Å²) < 4.78 is 5.83. The predicted octanol–water partition coefficient (Wildman–Crippen LogP) is 5.10. The monoisotopic (exact) mass is 487 g/mol. The minimum atomic E-state index is -0.910. The van der Waals surface area contributed by atoms with Crippen LogP contribution in [0.3, 0.4) is 0 Å². The van der Waals surface area contributed by atoms with E-state index in [1.54, 1.807) is 12.1 Å². The number of nitrogens with zero attached hydrogens (tertiary/aromatic N) is 2. The van der Waals surface area contributed by atoms with Crippen molar-refractivity contribution >= 4 is 17.6 Å². The Morgan fingerprint density at radius 2 is 1.58 bits per heavy atom. The number of rotatable bonds is 9. The first-order chi connectivity index (χ1) is 17.5. The average Bonchev–Trinajstić information content (AvgIpc) is 3.12. The number of amides is 1. The summed E-state index contributed by atoms with van der Waals surface area (Å²) in [5.41, 5.74) is 2.15. The van der Waals surface area contributed by atoms with E-state index in [2.05, 4.69) is 15.1 Å². The lowest BCUT2D eigenvalue weighted by molar-refractivity contribution is -0.121. The van der Waals surface area contributed by atoms with Crippen LogP contribution in [0.1, 0.15) is 35.7 Å². The van der Waals surface area contributed by atoms with Crippen molar-refractivity contribution < 1.29 is 19.4 Å². The predicted molar refractivity (Wildman–Crippen MR) is 141 cm³/mol. The molecule has 4 rings (SSSR count). The standard InChI is InChI=1S/C29H33N3O4/c1-2-27(28(33)30-24-13-15-26(16-14-24)36-25-7-4-3-5-8-25)32-18-6-17-31(19-20-32)21-22-9-11-23(12-10-22)29(34)35/h3-5,7-16,27H,2,6,17-21H2,1H3,(H,30,33)(H,34,35). The van der Waals surface area contributed by atoms with Gasteiger partial charge in [-0.05, 0) is 73.5 Å². The quantitative estimate of drug-likeness (QED) is 0.437. The number of para-hydroxylation sites is 1. The van der Waals surface area contributed by atoms with Gasteiger partial charge in [-0.2, -0.15) is 0 Å². The first-order valence-corrected chi connectivity index (χ1v) is 12.4. The molecule has 0 aliphatic carbocycles. The number of ether oxygens (including phenoxy) is 1. The van der Waals surface area contributed by atoms with Crippen molar-refractivity contribution in [1.82, 2.24) is 9.80 Å². The maximum Gasteiger partial charge on any atom is 0.335 e. The molecule has 0 saturated carbocycles. The van der Waals surface area contributed by atoms with Gasteiger partial charge in [0.25, 0.3) is 0 Å². The van der Waals surface area contributed by atoms with Crippen molar-refractivity contribution in [3.63, 3.8) is 0 Å². The molecule has 1 atom stereocenters. The topological polar surface area (TPSA) is 82.1 Å². The highest BCUT2D eigenvalue weighted by Gasteiger charge is 2.26. The lowest BCUT2D eigenvalue weighted by Gasteiger charge is -2.29. The Hall–Kier alpha value is -3.68. The fourth-order valence-corrected chi connectivity index (χ4v) is 4.54. The zero-order valence-corrected chi connectivity index (χ0v) is 20.6. The van der Waals surface area contributed by atoms with E-state index in [4.69, 9.17) is 9.84 Å². The van der Waals surface area contributed by atoms with Crippen LogP contribution in [0, 0.1) is 0 Å². The van der Waals surface area contributed by atoms with Gasteiger partial charge in [0.2, 0.25) is 5.91 Å². The number of nitrogens with one attached hydrogen (secondary N) is 1. The Balaban J connectivity index is 1.30. The lowest BCUT2D eigenvalue weighted by atomic mass is 10.1. The van der Waals surface area contributed by atoms with Crippen molar-refractivity contribution in [2.75, 3.05) is 31.5 Å². The molecule has 1 heterocycles. The molecule has 3 aromatic carbocycles. The molecule has 2 N–H and O–H groups in total. The molecule has 1 unspecified atom stereocenters. The maximum atomic E-state index is 13.1. The highest BCUT2D eigenvalue weighted by atomic mass is 16.5. The lowest BCUT2D eigenvalue weighted by Crippen LogP contribution is -2.45. The third kappa shape index (κ3) is 6.93. The van der Waals surface area contributed by atoms with Crippen LogP contribution < -0.4 is 10.1 Å². The highest BCUT2D eigenvalue weighted by molar-refractivity contribution is 5.94. The van der Waals surface area contributed by atoms with Crippen molar-refractivity contribution in [3.05, 3.63) is 90.0 Å². The summed E-state index contributed by atoms with van der Waals surface area (Å²) in [5, 5.41) is 12.2. The molecule has 0 bridgehead atoms. The molecule has 0 aromatic heterocycles. The van der Waals surface area contributed by atoms with Gasteiger partial charge < -0.3 is 15.2 Å². The van der Waals surface area contributed by atoms with E-state index < -0.39 is 5.97 Å². The Labute approximate surface area is 212 Å². The van der Waals surface area contributed by atoms with E-state index in [9.17, 15) is 9.59 Å². The summed E-state index contributed by atoms with van der Waals surface area (Å²) in [6.07, 6.45) is 1.71. The van der Waals surface area contributed by atoms with E-state index in [1.807, 2.05) is 73.7 Å². The first kappa shape index (κ1) is 25.4. The van der Waals surface area contributed by atoms with E-state index in [0.717, 1.165) is 68.3 Å². The normalized spacial score (nSPS) is 15.6. The number of hydrogen-bond acceptors (Lipinski definition) is 5. The maximum absolute atomic E-state index is 13.1. The number of carbonyl (C=O) groups is 2. The number of carboxylic acids is 1. The van der Waals surface area contributed by atoms with Gasteiger partial charge in [-0.25, -0.2) is 4.79 Å². The highest BCUT2D eigenvalue weighted by Crippen LogP contribution is 2.23. The number of anilines is 1. The minimum Gasteiger partial charge on any atom is -0.478 e. The van der Waals surface area contributed by atoms with E-state index in [1.165, 1.54) is 0 Å². The van der Waals surface area contributed by atoms with Crippen LogP contribution in [0.2, 0.25) is 0 Å². The molecule has 0 radical (unpaired) electrons. The molecule has 1 saturated heterocycles. The van der Waals surface area contributed by atoms with Crippen LogP contribution in [0.4, 0.5) is 5.69 Å². The average molecular weight is 488 g/mol. The Morgan fingerprint density at radius 1 is 0.889 bits per heavy atom. The van der Waals surface area contributed by atoms with Crippen LogP contribution in [-0.4, -0.2) is 59.0 Å². The van der Waals surface area contributed by atoms with Crippen molar-refractivity contribution in [2.24, 2.45) is 0 Å². The fourth-order valence-electron chi connectivity index (χ4n) is 4.54. The van der Waals surface area contributed by atoms with Gasteiger partial charge >= 0.3 is 5.97 Å². The summed E-state index contributed by atoms with van der Waals surface area (Å²) in [4.78, 5) is 28.9. The number of carboxylic acid groups (broad SMARTS) is 1. The van der Waals surface area contributed by atoms with E-state index in [0.29, 0.717) is 5.56 Å². The second-order valence-corrected chi connectivity index (χ2v) is 9.02. The second kappa shape index (κ2) is 12.3. The molecule has 7 nitrogen and oxygen atoms in total. The third-order valence-corrected chi connectivity index (χ3v) is 6.46. The van der Waals surface area contributed by atoms with E-state index >= 15 is 0 Å². The summed E-state index contributed by atoms with van der Waals surface area (Å²) in [6.45, 7) is 6.29. The first-order valence-electron chi connectivity index (χ1n) is 12.4. The van der Waals surface area contributed by atoms with Gasteiger partial charge in [0.15, 0.2) is 0 Å². The molecular weight excluding hydrogens is 454 g/mol. The number of benzene rings is 3. The molecule has 7 heteroatoms. The van der Waals surface area contributed by atoms with Crippen molar-refractivity contribution in [1.29, 1.82) is 0 Å². The summed E-state index contributed by atoms with van der Waals surface area (Å²) >= 11 is 0. The van der Waals surface area contributed by atoms with Crippen molar-refractivity contribution in [2.45, 2.75) is 32.4 Å². The van der Waals surface area contributed by atoms with Gasteiger partial charge in [0.05, 0.1) is 11.6 Å². The van der Waals surface area contributed by atoms with Gasteiger partial charge in [-0.3, -0.25) is 14.6 Å². The van der Waals surface area contributed by atoms with Crippen LogP contribution in [-0.2, 0) is 11.3 Å². The van der Waals surface area contributed by atoms with Crippen LogP contribution in [0.5, 0.6) is 11.5 Å². The molecule has 1 aliphatic heterocycles. The minimum absolute atomic E-state index is 0.00642. The van der Waals surface area contributed by atoms with Gasteiger partial charge in [0.1, 0.15) is 11.5 Å². The van der Waals surface area contributed by atoms with E-state index in [-0.39, 0.29) is 11.9 Å². The molecule has 3 aromatic rings. The summed E-state index contributed by atoms with van der Waals surface area (Å²) in [6, 6.07) is 23.9. The SMILES string of the molecule is CCC(C(=O)Nc1ccc(Oc2ccccc2)cc1)N1CCCN(Cc2ccc(C(=O)O)cc2)CC1. The zero-order valence-electron chi connectivity index (χ0n) is 20.6. The molecule has 0 spiro atoms. The third-order valence-electron chi connectivity index (χ3n) is 6.46. The molecule has 1 aliphatic rings. The van der Waals surface area contributed by atoms with Gasteiger partial charge in [0, 0.05) is 31.9 Å². The van der Waals surface area contributed by atoms with Crippen LogP contribution in [0.25, 0.3) is 0 Å². The van der Waals surface area contributed by atoms with Gasteiger partial charge in [-0.15, -0.1) is 0 Å². The molecule has 1 amide bonds. The van der Waals surface area contributed by atoms with Crippen molar-refractivity contribution in [3.8, 4) is 11.5 Å². The number of carbonyl (C=O) groups excluding carboxylic acids is 1. The van der Waals surface area contributed by atoms with Crippen LogP contribution >= 0.6 is 0 Å². The Morgan fingerprint density at radius 3 is 2.25 bits per heavy atom. The molecule has 188 valence electrons. The number of aromatic carboxylic acids is 1. The smallest absolute Gasteiger partial charge is 0.335 e. The number of hydrogen-bond donors (Lipinski definition) is 2. The molecule has 36 heavy (non-hydrogen) atoms. The fraction of sp³-hybridized carbons (Fsp3) is 0.310. The van der Waals surface area contributed by atoms with Gasteiger partial charge in [-0.1, -0.05) is 37.3 Å². The summed E-state index contributed by atoms with van der Waals surface area (Å²) in [7, 11) is 0. The van der Waals surface area contributed by atoms with Crippen LogP contribution in [0.15, 0.2) is 78.9 Å². The Bertz CT molecular complexity index is 1130. The molecular formula is C29H33N3O4.